The van der Waals surface area contributed by atoms with Gasteiger partial charge in [-0.25, -0.2) is 9.78 Å². The van der Waals surface area contributed by atoms with E-state index in [4.69, 9.17) is 19.0 Å². The van der Waals surface area contributed by atoms with Crippen LogP contribution in [0.15, 0.2) is 47.0 Å². The number of para-hydroxylation sites is 1. The molecule has 1 aliphatic carbocycles. The molecule has 1 N–H and O–H groups in total. The van der Waals surface area contributed by atoms with E-state index < -0.39 is 12.6 Å². The largest absolute Gasteiger partial charge is 0.478 e. The molecular formula is C29H27F2N3O5S. The maximum absolute atomic E-state index is 13.1. The van der Waals surface area contributed by atoms with Crippen molar-refractivity contribution in [2.45, 2.75) is 75.8 Å². The summed E-state index contributed by atoms with van der Waals surface area (Å²) < 4.78 is 44.0. The summed E-state index contributed by atoms with van der Waals surface area (Å²) in [5.41, 5.74) is 2.84. The number of aromatic carboxylic acids is 1. The van der Waals surface area contributed by atoms with Crippen LogP contribution in [0.3, 0.4) is 0 Å². The molecule has 3 atom stereocenters. The average Bonchev–Trinajstić information content (AvgIpc) is 3.45. The Bertz CT molecular complexity index is 1550. The second-order valence-electron chi connectivity index (χ2n) is 10.7. The van der Waals surface area contributed by atoms with Crippen molar-refractivity contribution in [3.8, 4) is 17.0 Å². The number of carboxylic acid groups (broad SMARTS) is 1. The monoisotopic (exact) mass is 567 g/mol. The SMILES string of the molecule is O=C(O)c1ccc2nc(N3[C@@H]4CC[C@H]3C[C@@H](OCc3c(-c5ccccc5OC(F)F)noc3C3CC3)C4)sc2c1. The number of hydrogen-bond donors (Lipinski definition) is 1. The van der Waals surface area contributed by atoms with Gasteiger partial charge in [0, 0.05) is 29.1 Å². The predicted octanol–water partition coefficient (Wildman–Crippen LogP) is 6.84. The Hall–Kier alpha value is -3.57. The molecule has 0 amide bonds. The van der Waals surface area contributed by atoms with Gasteiger partial charge in [0.2, 0.25) is 0 Å². The van der Waals surface area contributed by atoms with Gasteiger partial charge in [-0.1, -0.05) is 28.6 Å². The van der Waals surface area contributed by atoms with Crippen molar-refractivity contribution in [1.29, 1.82) is 0 Å². The standard InChI is InChI=1S/C29H27F2N3O5S/c30-28(31)38-23-4-2-1-3-20(23)25-21(26(39-33-25)15-5-6-15)14-37-19-12-17-8-9-18(13-19)34(17)29-32-22-10-7-16(27(35)36)11-24(22)40-29/h1-4,7,10-11,15,17-19,28H,5-6,8-9,12-14H2,(H,35,36)/t17-,18+,19+. The Kier molecular flexibility index (Phi) is 6.42. The van der Waals surface area contributed by atoms with Gasteiger partial charge >= 0.3 is 12.6 Å². The lowest BCUT2D eigenvalue weighted by Gasteiger charge is -2.38. The van der Waals surface area contributed by atoms with Crippen molar-refractivity contribution in [2.24, 2.45) is 0 Å². The molecule has 2 aliphatic heterocycles. The van der Waals surface area contributed by atoms with E-state index in [1.807, 2.05) is 0 Å². The molecule has 2 aromatic heterocycles. The lowest BCUT2D eigenvalue weighted by Crippen LogP contribution is -2.45. The molecule has 4 aromatic rings. The van der Waals surface area contributed by atoms with Gasteiger partial charge < -0.3 is 24.0 Å². The third-order valence-electron chi connectivity index (χ3n) is 8.12. The molecule has 2 aromatic carbocycles. The summed E-state index contributed by atoms with van der Waals surface area (Å²) in [6.07, 6.45) is 5.83. The van der Waals surface area contributed by atoms with E-state index in [2.05, 4.69) is 10.1 Å². The topological polar surface area (TPSA) is 97.9 Å². The zero-order valence-corrected chi connectivity index (χ0v) is 22.3. The Morgan fingerprint density at radius 2 is 1.90 bits per heavy atom. The van der Waals surface area contributed by atoms with Gasteiger partial charge in [0.05, 0.1) is 28.5 Å². The van der Waals surface area contributed by atoms with E-state index in [9.17, 15) is 18.7 Å². The lowest BCUT2D eigenvalue weighted by atomic mass is 10.00. The number of alkyl halides is 2. The molecule has 0 unspecified atom stereocenters. The van der Waals surface area contributed by atoms with Crippen molar-refractivity contribution >= 4 is 32.7 Å². The quantitative estimate of drug-likeness (QED) is 0.235. The van der Waals surface area contributed by atoms with Crippen molar-refractivity contribution in [2.75, 3.05) is 4.90 Å². The molecule has 3 fully saturated rings. The van der Waals surface area contributed by atoms with Crippen LogP contribution in [0.5, 0.6) is 5.75 Å². The normalized spacial score (nSPS) is 22.4. The van der Waals surface area contributed by atoms with Gasteiger partial charge in [0.1, 0.15) is 17.2 Å². The van der Waals surface area contributed by atoms with Crippen molar-refractivity contribution in [3.05, 3.63) is 59.4 Å². The van der Waals surface area contributed by atoms with Crippen LogP contribution in [0.1, 0.15) is 66.1 Å². The van der Waals surface area contributed by atoms with E-state index in [0.29, 0.717) is 11.3 Å². The first kappa shape index (κ1) is 25.4. The Labute approximate surface area is 232 Å². The molecule has 40 heavy (non-hydrogen) atoms. The number of benzene rings is 2. The van der Waals surface area contributed by atoms with Crippen LogP contribution in [0.4, 0.5) is 13.9 Å². The first-order chi connectivity index (χ1) is 19.4. The number of rotatable bonds is 9. The molecule has 1 saturated carbocycles. The molecule has 0 spiro atoms. The van der Waals surface area contributed by atoms with Gasteiger partial charge in [-0.2, -0.15) is 8.78 Å². The van der Waals surface area contributed by atoms with Crippen LogP contribution >= 0.6 is 11.3 Å². The molecule has 11 heteroatoms. The number of fused-ring (bicyclic) bond motifs is 3. The molecule has 208 valence electrons. The number of carboxylic acids is 1. The average molecular weight is 568 g/mol. The Balaban J connectivity index is 1.09. The summed E-state index contributed by atoms with van der Waals surface area (Å²) in [5.74, 6) is 0.173. The summed E-state index contributed by atoms with van der Waals surface area (Å²) in [5, 5.41) is 14.5. The fourth-order valence-electron chi connectivity index (χ4n) is 6.13. The van der Waals surface area contributed by atoms with Gasteiger partial charge in [-0.3, -0.25) is 0 Å². The van der Waals surface area contributed by atoms with E-state index in [0.717, 1.165) is 65.2 Å². The summed E-state index contributed by atoms with van der Waals surface area (Å²) in [7, 11) is 0. The number of aromatic nitrogens is 2. The number of nitrogens with zero attached hydrogens (tertiary/aromatic N) is 3. The summed E-state index contributed by atoms with van der Waals surface area (Å²) in [4.78, 5) is 18.6. The molecule has 7 rings (SSSR count). The van der Waals surface area contributed by atoms with Crippen molar-refractivity contribution < 1.29 is 32.7 Å². The van der Waals surface area contributed by atoms with E-state index in [1.165, 1.54) is 17.4 Å². The minimum Gasteiger partial charge on any atom is -0.478 e. The zero-order chi connectivity index (χ0) is 27.4. The molecule has 3 aliphatic rings. The summed E-state index contributed by atoms with van der Waals surface area (Å²) in [6.45, 7) is -2.65. The van der Waals surface area contributed by atoms with E-state index in [-0.39, 0.29) is 42.0 Å². The summed E-state index contributed by atoms with van der Waals surface area (Å²) >= 11 is 1.54. The van der Waals surface area contributed by atoms with E-state index >= 15 is 0 Å². The Morgan fingerprint density at radius 3 is 2.62 bits per heavy atom. The second kappa shape index (κ2) is 10.1. The fourth-order valence-corrected chi connectivity index (χ4v) is 7.28. The lowest BCUT2D eigenvalue weighted by molar-refractivity contribution is -0.0494. The maximum Gasteiger partial charge on any atom is 0.387 e. The molecular weight excluding hydrogens is 540 g/mol. The number of carbonyl (C=O) groups is 1. The first-order valence-electron chi connectivity index (χ1n) is 13.5. The van der Waals surface area contributed by atoms with Crippen LogP contribution in [0.25, 0.3) is 21.5 Å². The molecule has 8 nitrogen and oxygen atoms in total. The van der Waals surface area contributed by atoms with Crippen LogP contribution in [0.2, 0.25) is 0 Å². The third kappa shape index (κ3) is 4.71. The van der Waals surface area contributed by atoms with Gasteiger partial charge in [0.25, 0.3) is 0 Å². The number of halogens is 2. The summed E-state index contributed by atoms with van der Waals surface area (Å²) in [6, 6.07) is 12.3. The number of thiazole rings is 1. The zero-order valence-electron chi connectivity index (χ0n) is 21.5. The van der Waals surface area contributed by atoms with Gasteiger partial charge in [0.15, 0.2) is 5.13 Å². The number of piperidine rings is 1. The number of anilines is 1. The Morgan fingerprint density at radius 1 is 1.12 bits per heavy atom. The smallest absolute Gasteiger partial charge is 0.387 e. The van der Waals surface area contributed by atoms with Gasteiger partial charge in [-0.15, -0.1) is 0 Å². The van der Waals surface area contributed by atoms with Crippen LogP contribution in [-0.4, -0.2) is 46.0 Å². The van der Waals surface area contributed by atoms with Crippen LogP contribution in [0, 0.1) is 0 Å². The van der Waals surface area contributed by atoms with Gasteiger partial charge in [-0.05, 0) is 68.9 Å². The third-order valence-corrected chi connectivity index (χ3v) is 9.15. The maximum atomic E-state index is 13.1. The van der Waals surface area contributed by atoms with Crippen molar-refractivity contribution in [3.63, 3.8) is 0 Å². The fraction of sp³-hybridized carbons (Fsp3) is 0.414. The van der Waals surface area contributed by atoms with Crippen LogP contribution < -0.4 is 9.64 Å². The molecule has 2 bridgehead atoms. The number of hydrogen-bond acceptors (Lipinski definition) is 8. The second-order valence-corrected chi connectivity index (χ2v) is 11.7. The van der Waals surface area contributed by atoms with Crippen LogP contribution in [-0.2, 0) is 11.3 Å². The molecule has 0 radical (unpaired) electrons. The molecule has 2 saturated heterocycles. The number of ether oxygens (including phenoxy) is 2. The highest BCUT2D eigenvalue weighted by molar-refractivity contribution is 7.22. The minimum atomic E-state index is -2.94. The highest BCUT2D eigenvalue weighted by Crippen LogP contribution is 2.47. The highest BCUT2D eigenvalue weighted by atomic mass is 32.1. The highest BCUT2D eigenvalue weighted by Gasteiger charge is 2.43. The van der Waals surface area contributed by atoms with Crippen molar-refractivity contribution in [1.82, 2.24) is 10.1 Å². The predicted molar refractivity (Wildman–Crippen MR) is 144 cm³/mol. The van der Waals surface area contributed by atoms with E-state index in [1.54, 1.807) is 36.4 Å². The minimum absolute atomic E-state index is 0.0316. The first-order valence-corrected chi connectivity index (χ1v) is 14.3. The molecule has 4 heterocycles.